The highest BCUT2D eigenvalue weighted by Crippen LogP contribution is 2.14. The van der Waals surface area contributed by atoms with Gasteiger partial charge in [0.15, 0.2) is 0 Å². The molecule has 1 aliphatic rings. The highest BCUT2D eigenvalue weighted by molar-refractivity contribution is 5.79. The van der Waals surface area contributed by atoms with Crippen molar-refractivity contribution in [3.8, 4) is 0 Å². The number of allylic oxidation sites excluding steroid dienone is 1. The van der Waals surface area contributed by atoms with Gasteiger partial charge < -0.3 is 10.6 Å². The maximum Gasteiger partial charge on any atom is 0.0740 e. The smallest absolute Gasteiger partial charge is 0.0740 e. The number of hydrogen-bond acceptors (Lipinski definition) is 3. The van der Waals surface area contributed by atoms with Gasteiger partial charge in [0.2, 0.25) is 0 Å². The molecule has 0 unspecified atom stereocenters. The van der Waals surface area contributed by atoms with Crippen LogP contribution in [0.1, 0.15) is 6.42 Å². The summed E-state index contributed by atoms with van der Waals surface area (Å²) in [7, 11) is 2.00. The fourth-order valence-electron chi connectivity index (χ4n) is 1.09. The van der Waals surface area contributed by atoms with Crippen LogP contribution in [-0.2, 0) is 0 Å². The van der Waals surface area contributed by atoms with E-state index >= 15 is 0 Å². The number of rotatable bonds is 2. The molecule has 1 aliphatic heterocycles. The summed E-state index contributed by atoms with van der Waals surface area (Å²) in [5, 5.41) is 0. The van der Waals surface area contributed by atoms with Crippen LogP contribution >= 0.6 is 0 Å². The monoisotopic (exact) mass is 151 g/mol. The van der Waals surface area contributed by atoms with Crippen molar-refractivity contribution in [3.05, 3.63) is 24.2 Å². The molecule has 0 fully saturated rings. The third kappa shape index (κ3) is 1.61. The van der Waals surface area contributed by atoms with Gasteiger partial charge in [-0.3, -0.25) is 4.99 Å². The quantitative estimate of drug-likeness (QED) is 0.590. The van der Waals surface area contributed by atoms with Crippen LogP contribution in [0.3, 0.4) is 0 Å². The van der Waals surface area contributed by atoms with Crippen molar-refractivity contribution in [2.45, 2.75) is 6.42 Å². The lowest BCUT2D eigenvalue weighted by Gasteiger charge is -2.10. The Bertz CT molecular complexity index is 215. The summed E-state index contributed by atoms with van der Waals surface area (Å²) in [6, 6.07) is 0. The summed E-state index contributed by atoms with van der Waals surface area (Å²) >= 11 is 0. The maximum absolute atomic E-state index is 5.72. The van der Waals surface area contributed by atoms with E-state index in [-0.39, 0.29) is 0 Å². The Kier molecular flexibility index (Phi) is 2.31. The Morgan fingerprint density at radius 3 is 2.91 bits per heavy atom. The molecule has 2 N–H and O–H groups in total. The fourth-order valence-corrected chi connectivity index (χ4v) is 1.09. The molecule has 0 aromatic rings. The Morgan fingerprint density at radius 1 is 1.73 bits per heavy atom. The summed E-state index contributed by atoms with van der Waals surface area (Å²) in [4.78, 5) is 6.00. The van der Waals surface area contributed by atoms with Crippen LogP contribution in [0.5, 0.6) is 0 Å². The number of aliphatic imine (C=N–C) groups is 1. The van der Waals surface area contributed by atoms with Crippen LogP contribution in [0, 0.1) is 0 Å². The van der Waals surface area contributed by atoms with E-state index in [1.165, 1.54) is 6.20 Å². The van der Waals surface area contributed by atoms with Crippen molar-refractivity contribution >= 4 is 6.21 Å². The van der Waals surface area contributed by atoms with E-state index in [0.717, 1.165) is 24.4 Å². The molecule has 0 spiro atoms. The van der Waals surface area contributed by atoms with Gasteiger partial charge in [0, 0.05) is 31.9 Å². The van der Waals surface area contributed by atoms with Gasteiger partial charge in [-0.25, -0.2) is 0 Å². The average Bonchev–Trinajstić information content (AvgIpc) is 2.29. The van der Waals surface area contributed by atoms with Crippen molar-refractivity contribution in [2.75, 3.05) is 13.6 Å². The maximum atomic E-state index is 5.72. The molecule has 3 heteroatoms. The molecular weight excluding hydrogens is 138 g/mol. The lowest BCUT2D eigenvalue weighted by molar-refractivity contribution is 0.480. The first-order chi connectivity index (χ1) is 5.25. The number of nitrogens with zero attached hydrogens (tertiary/aromatic N) is 2. The van der Waals surface area contributed by atoms with Gasteiger partial charge in [-0.1, -0.05) is 6.58 Å². The minimum Gasteiger partial charge on any atom is -0.400 e. The second-order valence-electron chi connectivity index (χ2n) is 2.54. The van der Waals surface area contributed by atoms with Crippen LogP contribution in [0.15, 0.2) is 29.2 Å². The van der Waals surface area contributed by atoms with Crippen LogP contribution < -0.4 is 5.73 Å². The van der Waals surface area contributed by atoms with E-state index in [9.17, 15) is 0 Å². The minimum absolute atomic E-state index is 0.915. The van der Waals surface area contributed by atoms with Gasteiger partial charge in [0.05, 0.1) is 11.9 Å². The third-order valence-electron chi connectivity index (χ3n) is 1.76. The number of hydrogen-bond donors (Lipinski definition) is 1. The number of nitrogens with two attached hydrogens (primary N) is 1. The second kappa shape index (κ2) is 3.23. The van der Waals surface area contributed by atoms with Gasteiger partial charge in [-0.05, 0) is 0 Å². The SMILES string of the molecule is C=CN=CC1=C(N)CCN1C. The zero-order chi connectivity index (χ0) is 8.27. The van der Waals surface area contributed by atoms with Gasteiger partial charge in [0.25, 0.3) is 0 Å². The Morgan fingerprint density at radius 2 is 2.45 bits per heavy atom. The van der Waals surface area contributed by atoms with E-state index in [4.69, 9.17) is 5.73 Å². The summed E-state index contributed by atoms with van der Waals surface area (Å²) in [6.45, 7) is 4.48. The molecule has 0 saturated carbocycles. The third-order valence-corrected chi connectivity index (χ3v) is 1.76. The predicted molar refractivity (Wildman–Crippen MR) is 47.1 cm³/mol. The summed E-state index contributed by atoms with van der Waals surface area (Å²) in [5.74, 6) is 0. The van der Waals surface area contributed by atoms with Gasteiger partial charge in [-0.2, -0.15) is 0 Å². The zero-order valence-electron chi connectivity index (χ0n) is 6.75. The molecule has 0 aromatic carbocycles. The Labute approximate surface area is 66.9 Å². The van der Waals surface area contributed by atoms with Crippen LogP contribution in [0.25, 0.3) is 0 Å². The molecule has 1 rings (SSSR count). The van der Waals surface area contributed by atoms with Crippen molar-refractivity contribution in [3.63, 3.8) is 0 Å². The summed E-state index contributed by atoms with van der Waals surface area (Å²) < 4.78 is 0. The topological polar surface area (TPSA) is 41.6 Å². The molecule has 0 saturated heterocycles. The largest absolute Gasteiger partial charge is 0.400 e. The lowest BCUT2D eigenvalue weighted by atomic mass is 10.3. The first kappa shape index (κ1) is 7.85. The summed E-state index contributed by atoms with van der Waals surface area (Å²) in [6.07, 6.45) is 4.19. The molecular formula is C8H13N3. The van der Waals surface area contributed by atoms with Crippen LogP contribution in [0.4, 0.5) is 0 Å². The zero-order valence-corrected chi connectivity index (χ0v) is 6.75. The van der Waals surface area contributed by atoms with E-state index < -0.39 is 0 Å². The van der Waals surface area contributed by atoms with E-state index in [2.05, 4.69) is 16.5 Å². The molecule has 0 atom stereocenters. The Hall–Kier alpha value is -1.25. The molecule has 11 heavy (non-hydrogen) atoms. The van der Waals surface area contributed by atoms with Crippen LogP contribution in [-0.4, -0.2) is 24.7 Å². The molecule has 3 nitrogen and oxygen atoms in total. The standard InChI is InChI=1S/C8H13N3/c1-3-10-6-8-7(9)4-5-11(8)2/h3,6H,1,4-5,9H2,2H3. The highest BCUT2D eigenvalue weighted by Gasteiger charge is 2.14. The van der Waals surface area contributed by atoms with E-state index in [1.54, 1.807) is 6.21 Å². The molecule has 1 heterocycles. The lowest BCUT2D eigenvalue weighted by Crippen LogP contribution is -2.14. The van der Waals surface area contributed by atoms with Crippen molar-refractivity contribution < 1.29 is 0 Å². The first-order valence-electron chi connectivity index (χ1n) is 3.59. The minimum atomic E-state index is 0.915. The molecule has 0 radical (unpaired) electrons. The molecule has 0 aromatic heterocycles. The highest BCUT2D eigenvalue weighted by atomic mass is 15.1. The molecule has 0 amide bonds. The van der Waals surface area contributed by atoms with Crippen LogP contribution in [0.2, 0.25) is 0 Å². The molecule has 60 valence electrons. The summed E-state index contributed by atoms with van der Waals surface area (Å²) in [5.41, 5.74) is 7.66. The van der Waals surface area contributed by atoms with Gasteiger partial charge >= 0.3 is 0 Å². The predicted octanol–water partition coefficient (Wildman–Crippen LogP) is 0.707. The van der Waals surface area contributed by atoms with E-state index in [0.29, 0.717) is 0 Å². The Balaban J connectivity index is 2.74. The van der Waals surface area contributed by atoms with Crippen molar-refractivity contribution in [1.82, 2.24) is 4.90 Å². The molecule has 0 bridgehead atoms. The van der Waals surface area contributed by atoms with Crippen molar-refractivity contribution in [1.29, 1.82) is 0 Å². The average molecular weight is 151 g/mol. The van der Waals surface area contributed by atoms with Crippen molar-refractivity contribution in [2.24, 2.45) is 10.7 Å². The van der Waals surface area contributed by atoms with Gasteiger partial charge in [0.1, 0.15) is 0 Å². The van der Waals surface area contributed by atoms with Gasteiger partial charge in [-0.15, -0.1) is 0 Å². The van der Waals surface area contributed by atoms with E-state index in [1.807, 2.05) is 7.05 Å². The molecule has 0 aliphatic carbocycles. The fraction of sp³-hybridized carbons (Fsp3) is 0.375. The first-order valence-corrected chi connectivity index (χ1v) is 3.59. The normalized spacial score (nSPS) is 18.5. The second-order valence-corrected chi connectivity index (χ2v) is 2.54.